The maximum atomic E-state index is 14.7. The van der Waals surface area contributed by atoms with Gasteiger partial charge in [0.05, 0.1) is 12.1 Å². The third-order valence-electron chi connectivity index (χ3n) is 6.81. The Morgan fingerprint density at radius 1 is 1.38 bits per heavy atom. The number of rotatable bonds is 6. The Balaban J connectivity index is 1.87. The van der Waals surface area contributed by atoms with Crippen molar-refractivity contribution in [2.24, 2.45) is 13.0 Å². The average molecular weight is 461 g/mol. The molecule has 34 heavy (non-hydrogen) atoms. The fourth-order valence-corrected chi connectivity index (χ4v) is 5.02. The lowest BCUT2D eigenvalue weighted by Crippen LogP contribution is -2.30. The van der Waals surface area contributed by atoms with E-state index < -0.39 is 12.1 Å². The molecule has 4 rings (SSSR count). The number of halogens is 1. The molecule has 1 aromatic carbocycles. The van der Waals surface area contributed by atoms with E-state index in [1.807, 2.05) is 20.2 Å². The molecule has 0 saturated heterocycles. The van der Waals surface area contributed by atoms with Crippen LogP contribution in [0.25, 0.3) is 5.57 Å². The first-order chi connectivity index (χ1) is 16.3. The monoisotopic (exact) mass is 460 g/mol. The number of nitrogens with zero attached hydrogens (tertiary/aromatic N) is 4. The van der Waals surface area contributed by atoms with Gasteiger partial charge in [0.2, 0.25) is 6.41 Å². The predicted molar refractivity (Wildman–Crippen MR) is 136 cm³/mol. The van der Waals surface area contributed by atoms with Gasteiger partial charge in [0.25, 0.3) is 0 Å². The van der Waals surface area contributed by atoms with Crippen LogP contribution in [-0.4, -0.2) is 36.0 Å². The molecule has 1 aromatic heterocycles. The number of carbonyl (C=O) groups is 1. The molecule has 2 aliphatic rings. The first-order valence-electron chi connectivity index (χ1n) is 12.0. The Morgan fingerprint density at radius 3 is 2.82 bits per heavy atom. The van der Waals surface area contributed by atoms with Crippen molar-refractivity contribution < 1.29 is 9.18 Å². The second-order valence-electron chi connectivity index (χ2n) is 9.22. The molecule has 0 N–H and O–H groups in total. The molecule has 178 valence electrons. The highest BCUT2D eigenvalue weighted by Crippen LogP contribution is 2.39. The van der Waals surface area contributed by atoms with E-state index in [4.69, 9.17) is 0 Å². The van der Waals surface area contributed by atoms with Crippen LogP contribution in [0.4, 0.5) is 15.8 Å². The number of aryl methyl sites for hydroxylation is 3. The number of benzene rings is 1. The molecular weight excluding hydrogens is 427 g/mol. The summed E-state index contributed by atoms with van der Waals surface area (Å²) >= 11 is 0. The van der Waals surface area contributed by atoms with Gasteiger partial charge in [-0.1, -0.05) is 30.9 Å². The predicted octanol–water partition coefficient (Wildman–Crippen LogP) is 5.20. The fraction of sp³-hybridized carbons (Fsp3) is 0.429. The number of hydrogen-bond acceptors (Lipinski definition) is 3. The maximum absolute atomic E-state index is 14.7. The van der Waals surface area contributed by atoms with Crippen molar-refractivity contribution in [1.29, 1.82) is 0 Å². The number of allylic oxidation sites excluding steroid dienone is 4. The lowest BCUT2D eigenvalue weighted by Gasteiger charge is -2.36. The van der Waals surface area contributed by atoms with Gasteiger partial charge in [0.15, 0.2) is 0 Å². The highest BCUT2D eigenvalue weighted by Gasteiger charge is 2.28. The minimum atomic E-state index is -1.08. The van der Waals surface area contributed by atoms with Gasteiger partial charge < -0.3 is 9.80 Å². The van der Waals surface area contributed by atoms with Gasteiger partial charge in [-0.25, -0.2) is 4.39 Å². The highest BCUT2D eigenvalue weighted by atomic mass is 19.1. The molecule has 0 radical (unpaired) electrons. The molecule has 0 saturated carbocycles. The second kappa shape index (κ2) is 9.89. The Bertz CT molecular complexity index is 1210. The maximum Gasteiger partial charge on any atom is 0.213 e. The van der Waals surface area contributed by atoms with Gasteiger partial charge in [-0.2, -0.15) is 5.10 Å². The lowest BCUT2D eigenvalue weighted by molar-refractivity contribution is -0.107. The van der Waals surface area contributed by atoms with E-state index >= 15 is 0 Å². The Kier molecular flexibility index (Phi) is 6.92. The average Bonchev–Trinajstić information content (AvgIpc) is 3.24. The molecule has 2 unspecified atom stereocenters. The molecule has 0 bridgehead atoms. The van der Waals surface area contributed by atoms with Gasteiger partial charge in [-0.05, 0) is 61.4 Å². The summed E-state index contributed by atoms with van der Waals surface area (Å²) in [5.41, 5.74) is 8.54. The minimum Gasteiger partial charge on any atom is -0.344 e. The van der Waals surface area contributed by atoms with Crippen LogP contribution in [0.5, 0.6) is 0 Å². The summed E-state index contributed by atoms with van der Waals surface area (Å²) in [5, 5.41) is 4.32. The molecule has 0 fully saturated rings. The van der Waals surface area contributed by atoms with E-state index in [-0.39, 0.29) is 0 Å². The first-order valence-corrected chi connectivity index (χ1v) is 12.0. The van der Waals surface area contributed by atoms with E-state index in [9.17, 15) is 9.18 Å². The lowest BCUT2D eigenvalue weighted by atomic mass is 9.85. The van der Waals surface area contributed by atoms with Gasteiger partial charge in [-0.15, -0.1) is 0 Å². The van der Waals surface area contributed by atoms with E-state index in [1.54, 1.807) is 29.7 Å². The van der Waals surface area contributed by atoms with E-state index in [1.165, 1.54) is 16.8 Å². The number of amides is 1. The zero-order valence-corrected chi connectivity index (χ0v) is 20.7. The van der Waals surface area contributed by atoms with Crippen molar-refractivity contribution in [2.45, 2.75) is 52.6 Å². The van der Waals surface area contributed by atoms with Gasteiger partial charge in [0.1, 0.15) is 6.17 Å². The quantitative estimate of drug-likeness (QED) is 0.439. The van der Waals surface area contributed by atoms with Crippen molar-refractivity contribution in [3.8, 4) is 11.8 Å². The number of anilines is 2. The number of carbonyl (C=O) groups excluding carboxylic acids is 1. The van der Waals surface area contributed by atoms with Gasteiger partial charge in [0, 0.05) is 55.9 Å². The highest BCUT2D eigenvalue weighted by molar-refractivity contribution is 5.80. The molecule has 1 aliphatic carbocycles. The standard InChI is InChI=1S/C28H33FN4O/c1-6-21-13-19(2)27(31(4)18-34)15-28(21)33-12-8-9-22-14-25(23-16-30-32(5)17-23)24(20(3)29)10-7-11-26(22)33/h13-18,20,24H,6,8-9,11-12H2,1-5H3/b25-14-. The summed E-state index contributed by atoms with van der Waals surface area (Å²) in [7, 11) is 3.66. The fourth-order valence-electron chi connectivity index (χ4n) is 5.02. The van der Waals surface area contributed by atoms with Crippen LogP contribution in [0, 0.1) is 24.7 Å². The van der Waals surface area contributed by atoms with Crippen molar-refractivity contribution in [2.75, 3.05) is 23.4 Å². The topological polar surface area (TPSA) is 41.4 Å². The van der Waals surface area contributed by atoms with Crippen LogP contribution in [-0.2, 0) is 18.3 Å². The van der Waals surface area contributed by atoms with E-state index in [0.29, 0.717) is 6.42 Å². The molecule has 0 spiro atoms. The zero-order chi connectivity index (χ0) is 24.4. The van der Waals surface area contributed by atoms with Crippen LogP contribution in [0.15, 0.2) is 41.9 Å². The summed E-state index contributed by atoms with van der Waals surface area (Å²) in [6.07, 6.45) is 9.05. The number of hydrogen-bond donors (Lipinski definition) is 0. The van der Waals surface area contributed by atoms with Crippen LogP contribution in [0.3, 0.4) is 0 Å². The Morgan fingerprint density at radius 2 is 2.18 bits per heavy atom. The molecule has 1 aliphatic heterocycles. The largest absolute Gasteiger partial charge is 0.344 e. The third-order valence-corrected chi connectivity index (χ3v) is 6.81. The molecule has 2 heterocycles. The molecular formula is C28H33FN4O. The minimum absolute atomic E-state index is 0.480. The summed E-state index contributed by atoms with van der Waals surface area (Å²) in [5.74, 6) is 6.03. The number of alkyl halides is 1. The van der Waals surface area contributed by atoms with Crippen molar-refractivity contribution in [1.82, 2.24) is 9.78 Å². The Labute approximate surface area is 201 Å². The van der Waals surface area contributed by atoms with Crippen molar-refractivity contribution >= 4 is 23.4 Å². The van der Waals surface area contributed by atoms with Gasteiger partial charge >= 0.3 is 0 Å². The Hall–Kier alpha value is -3.33. The molecule has 2 aromatic rings. The van der Waals surface area contributed by atoms with Gasteiger partial charge in [-0.3, -0.25) is 9.48 Å². The third kappa shape index (κ3) is 4.52. The first kappa shape index (κ1) is 23.8. The molecule has 1 amide bonds. The SMILES string of the molecule is CCc1cc(C)c(N(C)C=O)cc1N1CCCC2=C1CC#CC(C(C)F)/C(c1cnn(C)c1)=C\2. The van der Waals surface area contributed by atoms with Crippen LogP contribution in [0.1, 0.15) is 49.8 Å². The molecule has 2 atom stereocenters. The van der Waals surface area contributed by atoms with Crippen LogP contribution < -0.4 is 9.80 Å². The van der Waals surface area contributed by atoms with Crippen LogP contribution in [0.2, 0.25) is 0 Å². The van der Waals surface area contributed by atoms with Crippen molar-refractivity contribution in [3.05, 3.63) is 58.6 Å². The van der Waals surface area contributed by atoms with Crippen LogP contribution >= 0.6 is 0 Å². The smallest absolute Gasteiger partial charge is 0.213 e. The molecule has 5 nitrogen and oxygen atoms in total. The summed E-state index contributed by atoms with van der Waals surface area (Å²) in [6, 6.07) is 4.31. The number of aromatic nitrogens is 2. The van der Waals surface area contributed by atoms with E-state index in [2.05, 4.69) is 47.0 Å². The normalized spacial score (nSPS) is 20.4. The summed E-state index contributed by atoms with van der Waals surface area (Å²) < 4.78 is 16.4. The van der Waals surface area contributed by atoms with Crippen molar-refractivity contribution in [3.63, 3.8) is 0 Å². The molecule has 6 heteroatoms. The second-order valence-corrected chi connectivity index (χ2v) is 9.22. The zero-order valence-electron chi connectivity index (χ0n) is 20.7. The summed E-state index contributed by atoms with van der Waals surface area (Å²) in [6.45, 7) is 6.67. The summed E-state index contributed by atoms with van der Waals surface area (Å²) in [4.78, 5) is 15.5. The van der Waals surface area contributed by atoms with E-state index in [0.717, 1.165) is 60.3 Å².